The molecular formula is C13H18N2O4. The fourth-order valence-corrected chi connectivity index (χ4v) is 2.92. The summed E-state index contributed by atoms with van der Waals surface area (Å²) in [5.74, 6) is 0. The van der Waals surface area contributed by atoms with Gasteiger partial charge >= 0.3 is 5.69 Å². The van der Waals surface area contributed by atoms with Crippen LogP contribution in [0.3, 0.4) is 0 Å². The normalized spacial score (nSPS) is 38.8. The van der Waals surface area contributed by atoms with E-state index >= 15 is 0 Å². The zero-order valence-electron chi connectivity index (χ0n) is 11.8. The molecule has 2 N–H and O–H groups in total. The van der Waals surface area contributed by atoms with Crippen LogP contribution in [0.5, 0.6) is 0 Å². The Morgan fingerprint density at radius 1 is 1.58 bits per heavy atom. The minimum atomic E-state index is -1.04. The molecular weight excluding hydrogens is 248 g/mol. The summed E-state index contributed by atoms with van der Waals surface area (Å²) in [5.41, 5.74) is -1.59. The molecule has 6 nitrogen and oxygen atoms in total. The lowest BCUT2D eigenvalue weighted by Crippen LogP contribution is -2.40. The van der Waals surface area contributed by atoms with Crippen molar-refractivity contribution in [1.29, 1.82) is 0 Å². The summed E-state index contributed by atoms with van der Waals surface area (Å²) in [7, 11) is 0. The average molecular weight is 267 g/mol. The van der Waals surface area contributed by atoms with Crippen molar-refractivity contribution in [2.75, 3.05) is 0 Å². The number of rotatable bonds is 1. The molecule has 1 aliphatic heterocycles. The summed E-state index contributed by atoms with van der Waals surface area (Å²) in [6, 6.07) is 0. The van der Waals surface area contributed by atoms with E-state index in [1.165, 1.54) is 10.8 Å². The number of aromatic nitrogens is 2. The minimum absolute atomic E-state index is 0.276. The summed E-state index contributed by atoms with van der Waals surface area (Å²) < 4.78 is 15.0. The van der Waals surface area contributed by atoms with Crippen LogP contribution in [0.4, 0.5) is 0 Å². The predicted octanol–water partition coefficient (Wildman–Crippen LogP) is 0.438. The van der Waals surface area contributed by atoms with Crippen LogP contribution in [-0.4, -0.2) is 26.4 Å². The number of aryl methyl sites for hydroxylation is 1. The standard InChI is InChI=1S/C13H18N2O4/c1-8-7-15(12(17)14-11(8)16)10-6-13(18)5-3-2-4-9(13)19-10/h7,9-10,18H,2-6H2,1H3,(H,14,16,17)/t9-,10+,13-/m0/s1/i4D/t4-,9+,10-,13+/m1. The van der Waals surface area contributed by atoms with Crippen molar-refractivity contribution in [3.8, 4) is 0 Å². The van der Waals surface area contributed by atoms with Crippen LogP contribution >= 0.6 is 0 Å². The fourth-order valence-electron chi connectivity index (χ4n) is 2.92. The highest BCUT2D eigenvalue weighted by Gasteiger charge is 2.49. The zero-order valence-corrected chi connectivity index (χ0v) is 10.8. The molecule has 0 spiro atoms. The van der Waals surface area contributed by atoms with Gasteiger partial charge in [0, 0.05) is 19.6 Å². The van der Waals surface area contributed by atoms with Crippen molar-refractivity contribution in [2.24, 2.45) is 0 Å². The highest BCUT2D eigenvalue weighted by atomic mass is 16.5. The maximum atomic E-state index is 11.9. The Bertz CT molecular complexity index is 640. The van der Waals surface area contributed by atoms with E-state index in [4.69, 9.17) is 6.11 Å². The molecule has 3 rings (SSSR count). The Hall–Kier alpha value is -1.40. The third-order valence-electron chi connectivity index (χ3n) is 4.01. The Balaban J connectivity index is 1.96. The monoisotopic (exact) mass is 267 g/mol. The van der Waals surface area contributed by atoms with Gasteiger partial charge in [-0.15, -0.1) is 0 Å². The first-order valence-electron chi connectivity index (χ1n) is 7.10. The van der Waals surface area contributed by atoms with Crippen LogP contribution < -0.4 is 11.2 Å². The Kier molecular flexibility index (Phi) is 2.60. The molecule has 0 unspecified atom stereocenters. The SMILES string of the molecule is [2H][C@@H]1CCC[C@]2(O)C[C@H](n3cc(C)c(=O)[nH]c3=O)O[C@@H]12. The fraction of sp³-hybridized carbons (Fsp3) is 0.692. The maximum Gasteiger partial charge on any atom is 0.330 e. The lowest BCUT2D eigenvalue weighted by molar-refractivity contribution is -0.0808. The second-order valence-corrected chi connectivity index (χ2v) is 5.43. The number of aliphatic hydroxyl groups is 1. The van der Waals surface area contributed by atoms with Gasteiger partial charge in [-0.3, -0.25) is 14.3 Å². The van der Waals surface area contributed by atoms with Gasteiger partial charge in [0.2, 0.25) is 0 Å². The van der Waals surface area contributed by atoms with Crippen molar-refractivity contribution in [2.45, 2.75) is 56.9 Å². The quantitative estimate of drug-likeness (QED) is 0.773. The number of H-pyrrole nitrogens is 1. The molecule has 0 aromatic carbocycles. The molecule has 2 aliphatic rings. The van der Waals surface area contributed by atoms with Gasteiger partial charge in [0.15, 0.2) is 0 Å². The zero-order chi connectivity index (χ0) is 14.5. The predicted molar refractivity (Wildman–Crippen MR) is 68.0 cm³/mol. The van der Waals surface area contributed by atoms with Gasteiger partial charge in [-0.25, -0.2) is 4.79 Å². The van der Waals surface area contributed by atoms with E-state index in [1.807, 2.05) is 0 Å². The number of hydrogen-bond donors (Lipinski definition) is 2. The van der Waals surface area contributed by atoms with Gasteiger partial charge < -0.3 is 9.84 Å². The average Bonchev–Trinajstić information content (AvgIpc) is 2.72. The molecule has 0 amide bonds. The van der Waals surface area contributed by atoms with E-state index < -0.39 is 35.6 Å². The molecule has 4 atom stereocenters. The van der Waals surface area contributed by atoms with Gasteiger partial charge in [0.1, 0.15) is 6.23 Å². The van der Waals surface area contributed by atoms with Crippen LogP contribution in [-0.2, 0) is 4.74 Å². The molecule has 2 heterocycles. The number of hydrogen-bond acceptors (Lipinski definition) is 4. The third kappa shape index (κ3) is 2.04. The van der Waals surface area contributed by atoms with E-state index in [-0.39, 0.29) is 6.42 Å². The lowest BCUT2D eigenvalue weighted by atomic mass is 9.81. The molecule has 1 saturated carbocycles. The molecule has 6 heteroatoms. The molecule has 1 saturated heterocycles. The highest BCUT2D eigenvalue weighted by molar-refractivity contribution is 5.04. The van der Waals surface area contributed by atoms with E-state index in [0.717, 1.165) is 6.42 Å². The number of nitrogens with zero attached hydrogens (tertiary/aromatic N) is 1. The number of fused-ring (bicyclic) bond motifs is 1. The molecule has 0 bridgehead atoms. The molecule has 2 fully saturated rings. The van der Waals surface area contributed by atoms with Gasteiger partial charge in [-0.2, -0.15) is 0 Å². The van der Waals surface area contributed by atoms with Gasteiger partial charge in [0.05, 0.1) is 11.7 Å². The Labute approximate surface area is 111 Å². The largest absolute Gasteiger partial charge is 0.387 e. The minimum Gasteiger partial charge on any atom is -0.387 e. The molecule has 1 aromatic rings. The van der Waals surface area contributed by atoms with Crippen molar-refractivity contribution in [1.82, 2.24) is 9.55 Å². The van der Waals surface area contributed by atoms with Crippen LogP contribution in [0.2, 0.25) is 0 Å². The van der Waals surface area contributed by atoms with E-state index in [1.54, 1.807) is 6.92 Å². The first-order chi connectivity index (χ1) is 9.40. The summed E-state index contributed by atoms with van der Waals surface area (Å²) >= 11 is 0. The second-order valence-electron chi connectivity index (χ2n) is 5.43. The summed E-state index contributed by atoms with van der Waals surface area (Å²) in [5, 5.41) is 10.6. The molecule has 1 aliphatic carbocycles. The van der Waals surface area contributed by atoms with Crippen LogP contribution in [0.15, 0.2) is 15.8 Å². The Morgan fingerprint density at radius 2 is 2.37 bits per heavy atom. The molecule has 0 radical (unpaired) electrons. The van der Waals surface area contributed by atoms with E-state index in [0.29, 0.717) is 18.4 Å². The smallest absolute Gasteiger partial charge is 0.330 e. The highest BCUT2D eigenvalue weighted by Crippen LogP contribution is 2.44. The number of aromatic amines is 1. The third-order valence-corrected chi connectivity index (χ3v) is 4.01. The molecule has 104 valence electrons. The summed E-state index contributed by atoms with van der Waals surface area (Å²) in [4.78, 5) is 25.5. The number of nitrogens with one attached hydrogen (secondary N) is 1. The molecule has 19 heavy (non-hydrogen) atoms. The van der Waals surface area contributed by atoms with E-state index in [2.05, 4.69) is 4.98 Å². The van der Waals surface area contributed by atoms with E-state index in [9.17, 15) is 14.7 Å². The topological polar surface area (TPSA) is 84.3 Å². The summed E-state index contributed by atoms with van der Waals surface area (Å²) in [6.45, 7) is 1.61. The van der Waals surface area contributed by atoms with Crippen molar-refractivity contribution in [3.63, 3.8) is 0 Å². The summed E-state index contributed by atoms with van der Waals surface area (Å²) in [6.07, 6.45) is 2.12. The maximum absolute atomic E-state index is 11.9. The lowest BCUT2D eigenvalue weighted by Gasteiger charge is -2.32. The van der Waals surface area contributed by atoms with Crippen LogP contribution in [0, 0.1) is 6.92 Å². The van der Waals surface area contributed by atoms with Crippen molar-refractivity contribution < 1.29 is 11.2 Å². The van der Waals surface area contributed by atoms with Crippen LogP contribution in [0.1, 0.15) is 45.2 Å². The van der Waals surface area contributed by atoms with Crippen molar-refractivity contribution in [3.05, 3.63) is 32.6 Å². The second kappa shape index (κ2) is 4.31. The van der Waals surface area contributed by atoms with Gasteiger partial charge in [-0.05, 0) is 19.7 Å². The number of ether oxygens (including phenoxy) is 1. The van der Waals surface area contributed by atoms with Gasteiger partial charge in [-0.1, -0.05) is 12.8 Å². The first-order valence-corrected chi connectivity index (χ1v) is 6.53. The van der Waals surface area contributed by atoms with Crippen molar-refractivity contribution >= 4 is 0 Å². The first kappa shape index (κ1) is 11.4. The Morgan fingerprint density at radius 3 is 3.11 bits per heavy atom. The van der Waals surface area contributed by atoms with Crippen LogP contribution in [0.25, 0.3) is 0 Å². The molecule has 1 aromatic heterocycles. The van der Waals surface area contributed by atoms with Gasteiger partial charge in [0.25, 0.3) is 5.56 Å².